The van der Waals surface area contributed by atoms with Crippen LogP contribution in [0.2, 0.25) is 0 Å². The molecule has 0 bridgehead atoms. The number of piperidine rings is 1. The Morgan fingerprint density at radius 2 is 1.95 bits per heavy atom. The fourth-order valence-electron chi connectivity index (χ4n) is 3.11. The molecule has 0 unspecified atom stereocenters. The van der Waals surface area contributed by atoms with Crippen LogP contribution < -0.4 is 10.6 Å². The maximum atomic E-state index is 4.74. The van der Waals surface area contributed by atoms with Crippen LogP contribution in [0.4, 0.5) is 0 Å². The summed E-state index contributed by atoms with van der Waals surface area (Å²) in [4.78, 5) is 7.24. The van der Waals surface area contributed by atoms with E-state index in [2.05, 4.69) is 36.0 Å². The molecule has 0 radical (unpaired) electrons. The second-order valence-corrected chi connectivity index (χ2v) is 7.00. The van der Waals surface area contributed by atoms with Crippen LogP contribution in [0, 0.1) is 5.92 Å². The lowest BCUT2D eigenvalue weighted by Gasteiger charge is -2.33. The monoisotopic (exact) mass is 306 g/mol. The minimum absolute atomic E-state index is 0.558. The normalized spacial score (nSPS) is 20.9. The average molecular weight is 306 g/mol. The smallest absolute Gasteiger partial charge is 0.191 e. The van der Waals surface area contributed by atoms with Crippen molar-refractivity contribution in [1.29, 1.82) is 0 Å². The summed E-state index contributed by atoms with van der Waals surface area (Å²) in [6.07, 6.45) is 7.88. The topological polar surface area (TPSA) is 39.7 Å². The Labute approximate surface area is 136 Å². The third-order valence-corrected chi connectivity index (χ3v) is 4.50. The van der Waals surface area contributed by atoms with Crippen molar-refractivity contribution >= 4 is 5.96 Å². The van der Waals surface area contributed by atoms with Gasteiger partial charge in [0.2, 0.25) is 0 Å². The summed E-state index contributed by atoms with van der Waals surface area (Å²) in [7, 11) is 0. The van der Waals surface area contributed by atoms with Crippen LogP contribution in [0.1, 0.15) is 52.4 Å². The van der Waals surface area contributed by atoms with Crippen molar-refractivity contribution in [3.63, 3.8) is 0 Å². The number of nitrogens with one attached hydrogen (secondary N) is 2. The van der Waals surface area contributed by atoms with Gasteiger partial charge in [0.15, 0.2) is 5.96 Å². The van der Waals surface area contributed by atoms with Gasteiger partial charge in [0.1, 0.15) is 0 Å². The first-order valence-electron chi connectivity index (χ1n) is 9.09. The Kier molecular flexibility index (Phi) is 7.23. The molecule has 0 amide bonds. The van der Waals surface area contributed by atoms with Gasteiger partial charge in [-0.3, -0.25) is 9.89 Å². The predicted molar refractivity (Wildman–Crippen MR) is 95.3 cm³/mol. The maximum Gasteiger partial charge on any atom is 0.191 e. The summed E-state index contributed by atoms with van der Waals surface area (Å²) < 4.78 is 0. The fraction of sp³-hybridized carbons (Fsp3) is 0.833. The molecule has 0 atom stereocenters. The van der Waals surface area contributed by atoms with E-state index >= 15 is 0 Å². The molecule has 1 aliphatic heterocycles. The number of likely N-dealkylation sites (tertiary alicyclic amines) is 1. The van der Waals surface area contributed by atoms with E-state index in [0.717, 1.165) is 44.6 Å². The Morgan fingerprint density at radius 3 is 2.55 bits per heavy atom. The van der Waals surface area contributed by atoms with Gasteiger partial charge in [-0.05, 0) is 45.4 Å². The summed E-state index contributed by atoms with van der Waals surface area (Å²) in [6.45, 7) is 13.5. The Morgan fingerprint density at radius 1 is 1.23 bits per heavy atom. The second-order valence-electron chi connectivity index (χ2n) is 7.00. The lowest BCUT2D eigenvalue weighted by molar-refractivity contribution is 0.221. The minimum atomic E-state index is 0.558. The lowest BCUT2D eigenvalue weighted by Crippen LogP contribution is -2.48. The van der Waals surface area contributed by atoms with E-state index < -0.39 is 0 Å². The quantitative estimate of drug-likeness (QED) is 0.313. The number of hydrogen-bond acceptors (Lipinski definition) is 2. The molecule has 22 heavy (non-hydrogen) atoms. The molecule has 2 rings (SSSR count). The second kappa shape index (κ2) is 9.19. The molecule has 126 valence electrons. The van der Waals surface area contributed by atoms with Gasteiger partial charge in [0.05, 0.1) is 0 Å². The molecule has 0 aromatic rings. The third kappa shape index (κ3) is 6.82. The van der Waals surface area contributed by atoms with Crippen molar-refractivity contribution in [2.45, 2.75) is 58.4 Å². The van der Waals surface area contributed by atoms with Crippen LogP contribution in [0.25, 0.3) is 0 Å². The first-order chi connectivity index (χ1) is 10.7. The number of guanidine groups is 1. The highest BCUT2D eigenvalue weighted by molar-refractivity contribution is 5.80. The minimum Gasteiger partial charge on any atom is -0.357 e. The van der Waals surface area contributed by atoms with E-state index in [1.165, 1.54) is 44.1 Å². The molecule has 4 nitrogen and oxygen atoms in total. The highest BCUT2D eigenvalue weighted by Gasteiger charge is 2.21. The van der Waals surface area contributed by atoms with Crippen LogP contribution in [-0.4, -0.2) is 49.6 Å². The molecule has 0 aromatic heterocycles. The molecule has 1 saturated heterocycles. The molecule has 2 aliphatic rings. The van der Waals surface area contributed by atoms with Crippen molar-refractivity contribution in [2.75, 3.05) is 32.7 Å². The molecule has 1 saturated carbocycles. The lowest BCUT2D eigenvalue weighted by atomic mass is 10.0. The molecule has 2 fully saturated rings. The van der Waals surface area contributed by atoms with Gasteiger partial charge in [-0.15, -0.1) is 0 Å². The highest BCUT2D eigenvalue weighted by atomic mass is 15.2. The van der Waals surface area contributed by atoms with Gasteiger partial charge < -0.3 is 10.6 Å². The van der Waals surface area contributed by atoms with Crippen LogP contribution in [0.3, 0.4) is 0 Å². The van der Waals surface area contributed by atoms with Crippen molar-refractivity contribution in [1.82, 2.24) is 15.5 Å². The summed E-state index contributed by atoms with van der Waals surface area (Å²) in [5.74, 6) is 2.03. The predicted octanol–water partition coefficient (Wildman–Crippen LogP) is 2.77. The van der Waals surface area contributed by atoms with Crippen molar-refractivity contribution < 1.29 is 0 Å². The zero-order valence-corrected chi connectivity index (χ0v) is 14.5. The van der Waals surface area contributed by atoms with E-state index in [9.17, 15) is 0 Å². The van der Waals surface area contributed by atoms with Crippen molar-refractivity contribution in [3.8, 4) is 0 Å². The van der Waals surface area contributed by atoms with Gasteiger partial charge in [0, 0.05) is 38.8 Å². The molecule has 1 heterocycles. The number of aliphatic imine (C=N–C) groups is 1. The molecule has 0 spiro atoms. The Balaban J connectivity index is 1.68. The van der Waals surface area contributed by atoms with Crippen molar-refractivity contribution in [3.05, 3.63) is 12.2 Å². The maximum absolute atomic E-state index is 4.74. The summed E-state index contributed by atoms with van der Waals surface area (Å²) in [5, 5.41) is 7.01. The highest BCUT2D eigenvalue weighted by Crippen LogP contribution is 2.33. The van der Waals surface area contributed by atoms with Crippen molar-refractivity contribution in [2.24, 2.45) is 10.9 Å². The molecule has 0 aromatic carbocycles. The summed E-state index contributed by atoms with van der Waals surface area (Å²) in [6, 6.07) is 0.558. The average Bonchev–Trinajstić information content (AvgIpc) is 3.29. The van der Waals surface area contributed by atoms with E-state index in [4.69, 9.17) is 4.99 Å². The van der Waals surface area contributed by atoms with E-state index in [-0.39, 0.29) is 0 Å². The van der Waals surface area contributed by atoms with Crippen LogP contribution >= 0.6 is 0 Å². The van der Waals surface area contributed by atoms with E-state index in [1.807, 2.05) is 0 Å². The molecule has 2 N–H and O–H groups in total. The van der Waals surface area contributed by atoms with Gasteiger partial charge >= 0.3 is 0 Å². The van der Waals surface area contributed by atoms with Gasteiger partial charge in [-0.25, -0.2) is 0 Å². The van der Waals surface area contributed by atoms with Crippen LogP contribution in [0.15, 0.2) is 17.1 Å². The standard InChI is InChI=1S/C18H34N4/c1-4-19-18(20-11-5-6-16-7-8-16)21-17-9-12-22(13-10-17)14-15(2)3/h16-17H,2,4-14H2,1,3H3,(H2,19,20,21). The largest absolute Gasteiger partial charge is 0.357 e. The molecule has 1 aliphatic carbocycles. The summed E-state index contributed by atoms with van der Waals surface area (Å²) >= 11 is 0. The van der Waals surface area contributed by atoms with E-state index in [1.54, 1.807) is 0 Å². The zero-order chi connectivity index (χ0) is 15.8. The molecule has 4 heteroatoms. The fourth-order valence-corrected chi connectivity index (χ4v) is 3.11. The van der Waals surface area contributed by atoms with Gasteiger partial charge in [-0.1, -0.05) is 25.0 Å². The number of nitrogens with zero attached hydrogens (tertiary/aromatic N) is 2. The molecular formula is C18H34N4. The first-order valence-corrected chi connectivity index (χ1v) is 9.09. The van der Waals surface area contributed by atoms with Crippen LogP contribution in [0.5, 0.6) is 0 Å². The Bertz CT molecular complexity index is 365. The Hall–Kier alpha value is -1.03. The summed E-state index contributed by atoms with van der Waals surface area (Å²) in [5.41, 5.74) is 1.26. The van der Waals surface area contributed by atoms with E-state index in [0.29, 0.717) is 6.04 Å². The first kappa shape index (κ1) is 17.3. The SMILES string of the molecule is C=C(C)CN1CCC(NC(=NCCCC2CC2)NCC)CC1. The van der Waals surface area contributed by atoms with Gasteiger partial charge in [0.25, 0.3) is 0 Å². The number of rotatable bonds is 8. The van der Waals surface area contributed by atoms with Crippen LogP contribution in [-0.2, 0) is 0 Å². The van der Waals surface area contributed by atoms with Gasteiger partial charge in [-0.2, -0.15) is 0 Å². The third-order valence-electron chi connectivity index (χ3n) is 4.50. The number of hydrogen-bond donors (Lipinski definition) is 2. The zero-order valence-electron chi connectivity index (χ0n) is 14.5. The molecular weight excluding hydrogens is 272 g/mol.